The number of benzene rings is 1. The average Bonchev–Trinajstić information content (AvgIpc) is 2.37. The SMILES string of the molecule is COc1ccc(NCC2CN(C)CCN2)cc1Br. The first kappa shape index (κ1) is 13.6. The molecule has 1 aliphatic heterocycles. The van der Waals surface area contributed by atoms with E-state index in [1.165, 1.54) is 0 Å². The van der Waals surface area contributed by atoms with Crippen molar-refractivity contribution in [2.24, 2.45) is 0 Å². The van der Waals surface area contributed by atoms with Gasteiger partial charge in [0.1, 0.15) is 5.75 Å². The van der Waals surface area contributed by atoms with Gasteiger partial charge in [-0.3, -0.25) is 0 Å². The fraction of sp³-hybridized carbons (Fsp3) is 0.538. The molecule has 1 aliphatic rings. The van der Waals surface area contributed by atoms with E-state index < -0.39 is 0 Å². The molecule has 0 bridgehead atoms. The van der Waals surface area contributed by atoms with Crippen molar-refractivity contribution in [2.45, 2.75) is 6.04 Å². The van der Waals surface area contributed by atoms with E-state index in [-0.39, 0.29) is 0 Å². The van der Waals surface area contributed by atoms with Crippen molar-refractivity contribution >= 4 is 21.6 Å². The lowest BCUT2D eigenvalue weighted by atomic mass is 10.2. The number of hydrogen-bond acceptors (Lipinski definition) is 4. The molecule has 1 saturated heterocycles. The summed E-state index contributed by atoms with van der Waals surface area (Å²) in [5.74, 6) is 0.857. The van der Waals surface area contributed by atoms with E-state index in [4.69, 9.17) is 4.74 Å². The van der Waals surface area contributed by atoms with Crippen LogP contribution in [0.15, 0.2) is 22.7 Å². The lowest BCUT2D eigenvalue weighted by Crippen LogP contribution is -2.51. The largest absolute Gasteiger partial charge is 0.496 e. The number of likely N-dealkylation sites (N-methyl/N-ethyl adjacent to an activating group) is 1. The second-order valence-electron chi connectivity index (χ2n) is 4.64. The topological polar surface area (TPSA) is 36.5 Å². The predicted octanol–water partition coefficient (Wildman–Crippen LogP) is 1.77. The standard InChI is InChI=1S/C13H20BrN3O/c1-17-6-5-15-11(9-17)8-16-10-3-4-13(18-2)12(14)7-10/h3-4,7,11,15-16H,5-6,8-9H2,1-2H3. The van der Waals surface area contributed by atoms with Gasteiger partial charge in [0.05, 0.1) is 11.6 Å². The maximum atomic E-state index is 5.21. The van der Waals surface area contributed by atoms with Crippen molar-refractivity contribution in [1.29, 1.82) is 0 Å². The van der Waals surface area contributed by atoms with Gasteiger partial charge in [0, 0.05) is 37.9 Å². The third kappa shape index (κ3) is 3.60. The van der Waals surface area contributed by atoms with E-state index in [0.717, 1.165) is 42.1 Å². The Kier molecular flexibility index (Phi) is 4.86. The van der Waals surface area contributed by atoms with Crippen LogP contribution < -0.4 is 15.4 Å². The van der Waals surface area contributed by atoms with Gasteiger partial charge in [-0.05, 0) is 41.2 Å². The molecule has 1 atom stereocenters. The Bertz CT molecular complexity index is 400. The molecule has 0 spiro atoms. The molecular formula is C13H20BrN3O. The highest BCUT2D eigenvalue weighted by atomic mass is 79.9. The highest BCUT2D eigenvalue weighted by Gasteiger charge is 2.15. The molecule has 1 heterocycles. The van der Waals surface area contributed by atoms with Crippen LogP contribution in [0, 0.1) is 0 Å². The molecule has 4 nitrogen and oxygen atoms in total. The second-order valence-corrected chi connectivity index (χ2v) is 5.50. The number of ether oxygens (including phenoxy) is 1. The van der Waals surface area contributed by atoms with Gasteiger partial charge in [-0.1, -0.05) is 0 Å². The fourth-order valence-electron chi connectivity index (χ4n) is 2.15. The van der Waals surface area contributed by atoms with Crippen LogP contribution in [0.25, 0.3) is 0 Å². The number of hydrogen-bond donors (Lipinski definition) is 2. The van der Waals surface area contributed by atoms with Crippen molar-refractivity contribution in [3.8, 4) is 5.75 Å². The zero-order chi connectivity index (χ0) is 13.0. The Morgan fingerprint density at radius 1 is 1.56 bits per heavy atom. The van der Waals surface area contributed by atoms with Gasteiger partial charge in [-0.2, -0.15) is 0 Å². The molecule has 18 heavy (non-hydrogen) atoms. The van der Waals surface area contributed by atoms with E-state index in [0.29, 0.717) is 6.04 Å². The summed E-state index contributed by atoms with van der Waals surface area (Å²) in [5.41, 5.74) is 1.11. The maximum Gasteiger partial charge on any atom is 0.133 e. The number of nitrogens with one attached hydrogen (secondary N) is 2. The molecule has 0 saturated carbocycles. The Balaban J connectivity index is 1.88. The molecule has 0 aliphatic carbocycles. The van der Waals surface area contributed by atoms with Crippen LogP contribution in [0.1, 0.15) is 0 Å². The summed E-state index contributed by atoms with van der Waals surface area (Å²) in [7, 11) is 3.84. The molecule has 1 unspecified atom stereocenters. The van der Waals surface area contributed by atoms with Gasteiger partial charge in [0.25, 0.3) is 0 Å². The van der Waals surface area contributed by atoms with Crippen LogP contribution in [0.3, 0.4) is 0 Å². The molecule has 1 aromatic carbocycles. The predicted molar refractivity (Wildman–Crippen MR) is 78.5 cm³/mol. The molecule has 2 N–H and O–H groups in total. The van der Waals surface area contributed by atoms with Gasteiger partial charge in [0.2, 0.25) is 0 Å². The minimum Gasteiger partial charge on any atom is -0.496 e. The third-order valence-corrected chi connectivity index (χ3v) is 3.78. The highest BCUT2D eigenvalue weighted by molar-refractivity contribution is 9.10. The normalized spacial score (nSPS) is 20.7. The summed E-state index contributed by atoms with van der Waals surface area (Å²) in [6, 6.07) is 6.55. The Morgan fingerprint density at radius 2 is 2.39 bits per heavy atom. The van der Waals surface area contributed by atoms with Crippen LogP contribution in [0.4, 0.5) is 5.69 Å². The van der Waals surface area contributed by atoms with Crippen molar-refractivity contribution in [1.82, 2.24) is 10.2 Å². The van der Waals surface area contributed by atoms with E-state index in [1.807, 2.05) is 18.2 Å². The lowest BCUT2D eigenvalue weighted by molar-refractivity contribution is 0.244. The van der Waals surface area contributed by atoms with Gasteiger partial charge in [0.15, 0.2) is 0 Å². The molecule has 0 aromatic heterocycles. The fourth-order valence-corrected chi connectivity index (χ4v) is 2.69. The van der Waals surface area contributed by atoms with Gasteiger partial charge in [-0.15, -0.1) is 0 Å². The molecule has 100 valence electrons. The summed E-state index contributed by atoms with van der Waals surface area (Å²) in [5, 5.41) is 6.97. The number of rotatable bonds is 4. The van der Waals surface area contributed by atoms with E-state index in [1.54, 1.807) is 7.11 Å². The van der Waals surface area contributed by atoms with E-state index in [2.05, 4.69) is 38.5 Å². The summed E-state index contributed by atoms with van der Waals surface area (Å²) in [6.45, 7) is 4.22. The molecular weight excluding hydrogens is 294 g/mol. The van der Waals surface area contributed by atoms with Crippen molar-refractivity contribution in [2.75, 3.05) is 45.7 Å². The van der Waals surface area contributed by atoms with Crippen molar-refractivity contribution in [3.05, 3.63) is 22.7 Å². The monoisotopic (exact) mass is 313 g/mol. The number of anilines is 1. The zero-order valence-electron chi connectivity index (χ0n) is 10.9. The lowest BCUT2D eigenvalue weighted by Gasteiger charge is -2.31. The molecule has 1 aromatic rings. The summed E-state index contributed by atoms with van der Waals surface area (Å²) in [4.78, 5) is 2.35. The average molecular weight is 314 g/mol. The minimum atomic E-state index is 0.504. The van der Waals surface area contributed by atoms with E-state index in [9.17, 15) is 0 Å². The number of piperazine rings is 1. The zero-order valence-corrected chi connectivity index (χ0v) is 12.5. The van der Waals surface area contributed by atoms with E-state index >= 15 is 0 Å². The second kappa shape index (κ2) is 6.41. The van der Waals surface area contributed by atoms with Gasteiger partial charge >= 0.3 is 0 Å². The number of nitrogens with zero attached hydrogens (tertiary/aromatic N) is 1. The Hall–Kier alpha value is -0.780. The molecule has 5 heteroatoms. The van der Waals surface area contributed by atoms with Gasteiger partial charge in [-0.25, -0.2) is 0 Å². The third-order valence-electron chi connectivity index (χ3n) is 3.16. The first-order chi connectivity index (χ1) is 8.69. The van der Waals surface area contributed by atoms with Crippen LogP contribution in [-0.4, -0.2) is 51.3 Å². The van der Waals surface area contributed by atoms with Crippen LogP contribution in [0.2, 0.25) is 0 Å². The molecule has 0 amide bonds. The van der Waals surface area contributed by atoms with Gasteiger partial charge < -0.3 is 20.3 Å². The van der Waals surface area contributed by atoms with Crippen LogP contribution >= 0.6 is 15.9 Å². The number of methoxy groups -OCH3 is 1. The molecule has 1 fully saturated rings. The molecule has 0 radical (unpaired) electrons. The Morgan fingerprint density at radius 3 is 3.06 bits per heavy atom. The summed E-state index contributed by atoms with van der Waals surface area (Å²) < 4.78 is 6.19. The van der Waals surface area contributed by atoms with Crippen molar-refractivity contribution in [3.63, 3.8) is 0 Å². The highest BCUT2D eigenvalue weighted by Crippen LogP contribution is 2.27. The van der Waals surface area contributed by atoms with Crippen LogP contribution in [-0.2, 0) is 0 Å². The van der Waals surface area contributed by atoms with Crippen molar-refractivity contribution < 1.29 is 4.74 Å². The summed E-state index contributed by atoms with van der Waals surface area (Å²) >= 11 is 3.49. The minimum absolute atomic E-state index is 0.504. The first-order valence-electron chi connectivity index (χ1n) is 6.18. The number of halogens is 1. The maximum absolute atomic E-state index is 5.21. The smallest absolute Gasteiger partial charge is 0.133 e. The quantitative estimate of drug-likeness (QED) is 0.888. The Labute approximate surface area is 117 Å². The summed E-state index contributed by atoms with van der Waals surface area (Å²) in [6.07, 6.45) is 0. The molecule has 2 rings (SSSR count). The first-order valence-corrected chi connectivity index (χ1v) is 6.97. The van der Waals surface area contributed by atoms with Crippen LogP contribution in [0.5, 0.6) is 5.75 Å².